The van der Waals surface area contributed by atoms with Crippen molar-refractivity contribution in [2.75, 3.05) is 19.7 Å². The molecule has 1 aliphatic carbocycles. The molecule has 2 aliphatic heterocycles. The average Bonchev–Trinajstić information content (AvgIpc) is 2.87. The number of aliphatic hydroxyl groups is 7. The molecule has 0 radical (unpaired) electrons. The number of rotatable bonds is 11. The standard InChI is InChI=1S/C22H41N3O13/c23-2-1-11(20(25)33)34-8-3-12(35-21-10(28)5-9(27)15(7-26)38-21)16(29)13(4-8)36-22-19(32)18(31)17(30)14(6-24)37-22/h8-19,21-22,26-32H,1-7,23-24H2,(H2,25,33). The minimum absolute atomic E-state index is 0.00482. The first-order valence-corrected chi connectivity index (χ1v) is 12.7. The van der Waals surface area contributed by atoms with Gasteiger partial charge in [-0.2, -0.15) is 0 Å². The molecule has 16 heteroatoms. The lowest BCUT2D eigenvalue weighted by atomic mass is 9.88. The highest BCUT2D eigenvalue weighted by Gasteiger charge is 2.49. The minimum atomic E-state index is -1.69. The van der Waals surface area contributed by atoms with E-state index in [2.05, 4.69) is 0 Å². The third-order valence-corrected chi connectivity index (χ3v) is 7.09. The van der Waals surface area contributed by atoms with Crippen LogP contribution in [-0.4, -0.2) is 147 Å². The van der Waals surface area contributed by atoms with Gasteiger partial charge >= 0.3 is 0 Å². The van der Waals surface area contributed by atoms with Gasteiger partial charge in [0.1, 0.15) is 48.8 Å². The van der Waals surface area contributed by atoms with Crippen LogP contribution in [0.3, 0.4) is 0 Å². The first-order chi connectivity index (χ1) is 18.0. The summed E-state index contributed by atoms with van der Waals surface area (Å²) < 4.78 is 28.5. The van der Waals surface area contributed by atoms with Gasteiger partial charge in [0.15, 0.2) is 12.6 Å². The Balaban J connectivity index is 1.79. The van der Waals surface area contributed by atoms with Crippen LogP contribution in [0.1, 0.15) is 25.7 Å². The summed E-state index contributed by atoms with van der Waals surface area (Å²) >= 11 is 0. The summed E-state index contributed by atoms with van der Waals surface area (Å²) in [5, 5.41) is 71.6. The van der Waals surface area contributed by atoms with Crippen LogP contribution < -0.4 is 17.2 Å². The van der Waals surface area contributed by atoms with Crippen molar-refractivity contribution < 1.29 is 64.2 Å². The van der Waals surface area contributed by atoms with Crippen LogP contribution in [-0.2, 0) is 28.5 Å². The molecule has 1 saturated carbocycles. The number of hydrogen-bond donors (Lipinski definition) is 10. The minimum Gasteiger partial charge on any atom is -0.394 e. The van der Waals surface area contributed by atoms with Crippen molar-refractivity contribution in [1.29, 1.82) is 0 Å². The second kappa shape index (κ2) is 14.0. The Kier molecular flexibility index (Phi) is 11.6. The summed E-state index contributed by atoms with van der Waals surface area (Å²) in [5.74, 6) is -0.753. The van der Waals surface area contributed by atoms with E-state index in [1.54, 1.807) is 0 Å². The van der Waals surface area contributed by atoms with Gasteiger partial charge in [-0.05, 0) is 13.0 Å². The first-order valence-electron chi connectivity index (χ1n) is 12.7. The number of ether oxygens (including phenoxy) is 5. The van der Waals surface area contributed by atoms with Crippen LogP contribution in [0.5, 0.6) is 0 Å². The van der Waals surface area contributed by atoms with Gasteiger partial charge in [0.05, 0.1) is 31.0 Å². The van der Waals surface area contributed by atoms with Crippen LogP contribution >= 0.6 is 0 Å². The maximum atomic E-state index is 11.9. The fourth-order valence-corrected chi connectivity index (χ4v) is 4.90. The number of carbonyl (C=O) groups excluding carboxylic acids is 1. The van der Waals surface area contributed by atoms with Crippen LogP contribution in [0.15, 0.2) is 0 Å². The second-order valence-electron chi connectivity index (χ2n) is 9.88. The molecule has 1 amide bonds. The number of carbonyl (C=O) groups is 1. The molecular formula is C22H41N3O13. The zero-order valence-electron chi connectivity index (χ0n) is 20.8. The maximum Gasteiger partial charge on any atom is 0.246 e. The number of aliphatic hydroxyl groups excluding tert-OH is 7. The molecule has 14 atom stereocenters. The topological polar surface area (TPSA) is 283 Å². The Labute approximate surface area is 219 Å². The Hall–Kier alpha value is -1.09. The molecule has 14 unspecified atom stereocenters. The molecule has 222 valence electrons. The number of amides is 1. The zero-order valence-corrected chi connectivity index (χ0v) is 20.8. The molecule has 38 heavy (non-hydrogen) atoms. The van der Waals surface area contributed by atoms with E-state index in [0.717, 1.165) is 0 Å². The maximum absolute atomic E-state index is 11.9. The second-order valence-corrected chi connectivity index (χ2v) is 9.88. The van der Waals surface area contributed by atoms with Gasteiger partial charge in [0.25, 0.3) is 0 Å². The van der Waals surface area contributed by atoms with E-state index in [4.69, 9.17) is 40.9 Å². The molecule has 3 rings (SSSR count). The largest absolute Gasteiger partial charge is 0.394 e. The Bertz CT molecular complexity index is 751. The van der Waals surface area contributed by atoms with Crippen LogP contribution in [0.2, 0.25) is 0 Å². The lowest BCUT2D eigenvalue weighted by molar-refractivity contribution is -0.333. The fraction of sp³-hybridized carbons (Fsp3) is 0.955. The van der Waals surface area contributed by atoms with E-state index in [-0.39, 0.29) is 38.8 Å². The SMILES string of the molecule is NCCC(OC1CC(OC2OC(CO)C(O)CC2O)C(O)C(OC2OC(CN)C(O)C(O)C2O)C1)C(N)=O. The van der Waals surface area contributed by atoms with Crippen molar-refractivity contribution in [3.8, 4) is 0 Å². The van der Waals surface area contributed by atoms with Gasteiger partial charge in [0, 0.05) is 25.8 Å². The van der Waals surface area contributed by atoms with Gasteiger partial charge in [-0.3, -0.25) is 4.79 Å². The molecule has 16 nitrogen and oxygen atoms in total. The van der Waals surface area contributed by atoms with E-state index in [9.17, 15) is 40.5 Å². The van der Waals surface area contributed by atoms with Gasteiger partial charge in [-0.1, -0.05) is 0 Å². The molecule has 3 fully saturated rings. The number of hydrogen-bond acceptors (Lipinski definition) is 15. The van der Waals surface area contributed by atoms with E-state index in [1.165, 1.54) is 0 Å². The highest BCUT2D eigenvalue weighted by molar-refractivity contribution is 5.78. The molecule has 0 aromatic rings. The van der Waals surface area contributed by atoms with Crippen molar-refractivity contribution >= 4 is 5.91 Å². The summed E-state index contributed by atoms with van der Waals surface area (Å²) in [7, 11) is 0. The van der Waals surface area contributed by atoms with Gasteiger partial charge in [-0.25, -0.2) is 0 Å². The molecule has 0 spiro atoms. The lowest BCUT2D eigenvalue weighted by Gasteiger charge is -2.46. The molecule has 2 heterocycles. The predicted molar refractivity (Wildman–Crippen MR) is 125 cm³/mol. The molecule has 13 N–H and O–H groups in total. The molecule has 2 saturated heterocycles. The normalized spacial score (nSPS) is 45.0. The highest BCUT2D eigenvalue weighted by atomic mass is 16.7. The smallest absolute Gasteiger partial charge is 0.246 e. The first kappa shape index (κ1) is 31.4. The van der Waals surface area contributed by atoms with Crippen molar-refractivity contribution in [2.24, 2.45) is 17.2 Å². The van der Waals surface area contributed by atoms with E-state index in [0.29, 0.717) is 0 Å². The predicted octanol–water partition coefficient (Wildman–Crippen LogP) is -5.91. The van der Waals surface area contributed by atoms with Crippen molar-refractivity contribution in [3.05, 3.63) is 0 Å². The molecule has 0 aromatic heterocycles. The Morgan fingerprint density at radius 1 is 0.816 bits per heavy atom. The summed E-state index contributed by atoms with van der Waals surface area (Å²) in [6, 6.07) is 0. The number of nitrogens with two attached hydrogens (primary N) is 3. The van der Waals surface area contributed by atoms with Gasteiger partial charge in [-0.15, -0.1) is 0 Å². The quantitative estimate of drug-likeness (QED) is 0.114. The van der Waals surface area contributed by atoms with Crippen molar-refractivity contribution in [2.45, 2.75) is 112 Å². The molecule has 0 bridgehead atoms. The molecule has 3 aliphatic rings. The third-order valence-electron chi connectivity index (χ3n) is 7.09. The summed E-state index contributed by atoms with van der Waals surface area (Å²) in [6.07, 6.45) is -17.7. The van der Waals surface area contributed by atoms with E-state index < -0.39 is 98.3 Å². The highest BCUT2D eigenvalue weighted by Crippen LogP contribution is 2.33. The Morgan fingerprint density at radius 3 is 1.97 bits per heavy atom. The van der Waals surface area contributed by atoms with E-state index >= 15 is 0 Å². The van der Waals surface area contributed by atoms with Crippen LogP contribution in [0, 0.1) is 0 Å². The monoisotopic (exact) mass is 555 g/mol. The summed E-state index contributed by atoms with van der Waals surface area (Å²) in [6.45, 7) is -0.618. The van der Waals surface area contributed by atoms with Crippen molar-refractivity contribution in [3.63, 3.8) is 0 Å². The van der Waals surface area contributed by atoms with Gasteiger partial charge < -0.3 is 76.6 Å². The fourth-order valence-electron chi connectivity index (χ4n) is 4.90. The Morgan fingerprint density at radius 2 is 1.42 bits per heavy atom. The zero-order chi connectivity index (χ0) is 28.1. The van der Waals surface area contributed by atoms with E-state index in [1.807, 2.05) is 0 Å². The summed E-state index contributed by atoms with van der Waals surface area (Å²) in [5.41, 5.74) is 16.6. The molecular weight excluding hydrogens is 514 g/mol. The van der Waals surface area contributed by atoms with Crippen LogP contribution in [0.25, 0.3) is 0 Å². The van der Waals surface area contributed by atoms with Crippen LogP contribution in [0.4, 0.5) is 0 Å². The summed E-state index contributed by atoms with van der Waals surface area (Å²) in [4.78, 5) is 11.9. The average molecular weight is 556 g/mol. The third kappa shape index (κ3) is 7.35. The lowest BCUT2D eigenvalue weighted by Crippen LogP contribution is -2.62. The molecule has 0 aromatic carbocycles. The van der Waals surface area contributed by atoms with Gasteiger partial charge in [0.2, 0.25) is 5.91 Å². The number of primary amides is 1. The van der Waals surface area contributed by atoms with Crippen molar-refractivity contribution in [1.82, 2.24) is 0 Å².